The number of aryl methyl sites for hydroxylation is 1. The highest BCUT2D eigenvalue weighted by atomic mass is 32.2. The number of nitrogens with zero attached hydrogens (tertiary/aromatic N) is 1. The largest absolute Gasteiger partial charge is 0.493 e. The number of amides is 1. The van der Waals surface area contributed by atoms with Crippen molar-refractivity contribution in [3.63, 3.8) is 0 Å². The van der Waals surface area contributed by atoms with Gasteiger partial charge in [0, 0.05) is 26.1 Å². The maximum absolute atomic E-state index is 13.8. The lowest BCUT2D eigenvalue weighted by Crippen LogP contribution is -2.39. The highest BCUT2D eigenvalue weighted by Crippen LogP contribution is 2.38. The quantitative estimate of drug-likeness (QED) is 0.531. The fourth-order valence-corrected chi connectivity index (χ4v) is 6.37. The van der Waals surface area contributed by atoms with Gasteiger partial charge in [0.15, 0.2) is 17.8 Å². The smallest absolute Gasteiger partial charge is 0.280 e. The Kier molecular flexibility index (Phi) is 8.50. The summed E-state index contributed by atoms with van der Waals surface area (Å²) in [6.45, 7) is 3.29. The van der Waals surface area contributed by atoms with Gasteiger partial charge in [-0.1, -0.05) is 29.8 Å². The molecule has 36 heavy (non-hydrogen) atoms. The summed E-state index contributed by atoms with van der Waals surface area (Å²) >= 11 is 0. The third-order valence-corrected chi connectivity index (χ3v) is 8.72. The molecule has 2 aliphatic heterocycles. The SMILES string of the molecule is COc1ccc(S(=O)(=O)N2CCC(c3ccc(C)cc3)CC2)c(C(=O)NOC2CCCCO2)c1OC. The van der Waals surface area contributed by atoms with Gasteiger partial charge in [0.25, 0.3) is 5.91 Å². The van der Waals surface area contributed by atoms with Gasteiger partial charge in [0.05, 0.1) is 19.1 Å². The minimum absolute atomic E-state index is 0.0266. The number of nitrogens with one attached hydrogen (secondary N) is 1. The van der Waals surface area contributed by atoms with Crippen LogP contribution in [0.4, 0.5) is 0 Å². The van der Waals surface area contributed by atoms with Crippen LogP contribution in [0.25, 0.3) is 0 Å². The number of benzene rings is 2. The normalized spacial score (nSPS) is 19.6. The van der Waals surface area contributed by atoms with E-state index in [0.29, 0.717) is 39.0 Å². The van der Waals surface area contributed by atoms with E-state index < -0.39 is 22.2 Å². The monoisotopic (exact) mass is 518 g/mol. The summed E-state index contributed by atoms with van der Waals surface area (Å²) < 4.78 is 45.2. The molecule has 2 saturated heterocycles. The zero-order valence-electron chi connectivity index (χ0n) is 21.0. The number of carbonyl (C=O) groups is 1. The van der Waals surface area contributed by atoms with E-state index in [9.17, 15) is 13.2 Å². The standard InChI is InChI=1S/C26H34N2O7S/c1-18-7-9-19(10-8-18)20-13-15-28(16-14-20)36(30,31)22-12-11-21(32-2)25(33-3)24(22)26(29)27-35-23-6-4-5-17-34-23/h7-12,20,23H,4-6,13-17H2,1-3H3,(H,27,29). The Morgan fingerprint density at radius 2 is 1.72 bits per heavy atom. The zero-order valence-corrected chi connectivity index (χ0v) is 21.8. The van der Waals surface area contributed by atoms with Crippen molar-refractivity contribution in [3.8, 4) is 11.5 Å². The van der Waals surface area contributed by atoms with Crippen LogP contribution in [0.2, 0.25) is 0 Å². The van der Waals surface area contributed by atoms with E-state index in [-0.39, 0.29) is 27.9 Å². The fraction of sp³-hybridized carbons (Fsp3) is 0.500. The van der Waals surface area contributed by atoms with Crippen LogP contribution in [0, 0.1) is 6.92 Å². The van der Waals surface area contributed by atoms with Gasteiger partial charge in [-0.25, -0.2) is 18.7 Å². The second-order valence-electron chi connectivity index (χ2n) is 9.11. The summed E-state index contributed by atoms with van der Waals surface area (Å²) in [7, 11) is -1.21. The van der Waals surface area contributed by atoms with Gasteiger partial charge in [-0.15, -0.1) is 0 Å². The molecule has 10 heteroatoms. The van der Waals surface area contributed by atoms with Crippen LogP contribution in [0.5, 0.6) is 11.5 Å². The molecule has 2 fully saturated rings. The Bertz CT molecular complexity index is 1150. The number of methoxy groups -OCH3 is 2. The molecule has 1 amide bonds. The van der Waals surface area contributed by atoms with Crippen molar-refractivity contribution in [2.45, 2.75) is 56.1 Å². The molecule has 9 nitrogen and oxygen atoms in total. The summed E-state index contributed by atoms with van der Waals surface area (Å²) in [5.74, 6) is -0.186. The van der Waals surface area contributed by atoms with Crippen molar-refractivity contribution in [1.29, 1.82) is 0 Å². The molecule has 2 aromatic carbocycles. The van der Waals surface area contributed by atoms with Gasteiger partial charge in [-0.3, -0.25) is 4.79 Å². The van der Waals surface area contributed by atoms with Crippen LogP contribution in [0.3, 0.4) is 0 Å². The number of piperidine rings is 1. The van der Waals surface area contributed by atoms with Crippen LogP contribution in [0.15, 0.2) is 41.3 Å². The first-order chi connectivity index (χ1) is 17.3. The van der Waals surface area contributed by atoms with Crippen molar-refractivity contribution in [1.82, 2.24) is 9.79 Å². The van der Waals surface area contributed by atoms with Crippen LogP contribution in [0.1, 0.15) is 59.5 Å². The summed E-state index contributed by atoms with van der Waals surface area (Å²) in [4.78, 5) is 18.5. The van der Waals surface area contributed by atoms with Crippen molar-refractivity contribution >= 4 is 15.9 Å². The number of ether oxygens (including phenoxy) is 3. The van der Waals surface area contributed by atoms with Gasteiger partial charge in [0.2, 0.25) is 10.0 Å². The Morgan fingerprint density at radius 3 is 2.33 bits per heavy atom. The van der Waals surface area contributed by atoms with E-state index >= 15 is 0 Å². The second-order valence-corrected chi connectivity index (χ2v) is 11.0. The molecule has 196 valence electrons. The average molecular weight is 519 g/mol. The van der Waals surface area contributed by atoms with Crippen molar-refractivity contribution in [2.24, 2.45) is 0 Å². The van der Waals surface area contributed by atoms with Gasteiger partial charge in [-0.2, -0.15) is 4.31 Å². The third kappa shape index (κ3) is 5.67. The maximum atomic E-state index is 13.8. The van der Waals surface area contributed by atoms with Crippen molar-refractivity contribution in [3.05, 3.63) is 53.1 Å². The van der Waals surface area contributed by atoms with E-state index in [1.165, 1.54) is 41.8 Å². The number of sulfonamides is 1. The highest BCUT2D eigenvalue weighted by molar-refractivity contribution is 7.89. The molecule has 2 aliphatic rings. The first-order valence-electron chi connectivity index (χ1n) is 12.2. The van der Waals surface area contributed by atoms with E-state index in [2.05, 4.69) is 29.7 Å². The molecule has 0 saturated carbocycles. The molecule has 1 N–H and O–H groups in total. The fourth-order valence-electron chi connectivity index (χ4n) is 4.72. The molecule has 0 aromatic heterocycles. The first-order valence-corrected chi connectivity index (χ1v) is 13.7. The molecule has 2 heterocycles. The second kappa shape index (κ2) is 11.6. The lowest BCUT2D eigenvalue weighted by molar-refractivity contribution is -0.186. The van der Waals surface area contributed by atoms with Crippen LogP contribution in [-0.2, 0) is 19.6 Å². The number of hydroxylamine groups is 1. The van der Waals surface area contributed by atoms with E-state index in [1.54, 1.807) is 0 Å². The Hall–Kier alpha value is -2.66. The highest BCUT2D eigenvalue weighted by Gasteiger charge is 2.35. The van der Waals surface area contributed by atoms with Crippen LogP contribution >= 0.6 is 0 Å². The van der Waals surface area contributed by atoms with Gasteiger partial charge >= 0.3 is 0 Å². The molecular weight excluding hydrogens is 484 g/mol. The topological polar surface area (TPSA) is 103 Å². The number of rotatable bonds is 8. The Balaban J connectivity index is 1.57. The third-order valence-electron chi connectivity index (χ3n) is 6.78. The van der Waals surface area contributed by atoms with Crippen molar-refractivity contribution < 1.29 is 32.3 Å². The summed E-state index contributed by atoms with van der Waals surface area (Å²) in [5.41, 5.74) is 4.61. The summed E-state index contributed by atoms with van der Waals surface area (Å²) in [5, 5.41) is 0. The lowest BCUT2D eigenvalue weighted by Gasteiger charge is -2.32. The molecule has 0 aliphatic carbocycles. The van der Waals surface area contributed by atoms with Gasteiger partial charge in [-0.05, 0) is 56.2 Å². The molecular formula is C26H34N2O7S. The minimum Gasteiger partial charge on any atom is -0.493 e. The van der Waals surface area contributed by atoms with Crippen LogP contribution in [-0.4, -0.2) is 58.8 Å². The molecule has 0 bridgehead atoms. The zero-order chi connectivity index (χ0) is 25.7. The average Bonchev–Trinajstić information content (AvgIpc) is 2.91. The molecule has 1 atom stereocenters. The Morgan fingerprint density at radius 1 is 1.00 bits per heavy atom. The van der Waals surface area contributed by atoms with Crippen LogP contribution < -0.4 is 15.0 Å². The first kappa shape index (κ1) is 26.4. The minimum atomic E-state index is -4.00. The molecule has 4 rings (SSSR count). The molecule has 0 radical (unpaired) electrons. The molecule has 1 unspecified atom stereocenters. The molecule has 2 aromatic rings. The predicted octanol–water partition coefficient (Wildman–Crippen LogP) is 3.77. The number of carbonyl (C=O) groups excluding carboxylic acids is 1. The maximum Gasteiger partial charge on any atom is 0.280 e. The van der Waals surface area contributed by atoms with E-state index in [0.717, 1.165) is 12.8 Å². The summed E-state index contributed by atoms with van der Waals surface area (Å²) in [6, 6.07) is 11.2. The van der Waals surface area contributed by atoms with Crippen molar-refractivity contribution in [2.75, 3.05) is 33.9 Å². The molecule has 0 spiro atoms. The Labute approximate surface area is 212 Å². The van der Waals surface area contributed by atoms with Gasteiger partial charge < -0.3 is 14.2 Å². The number of hydrogen-bond acceptors (Lipinski definition) is 7. The van der Waals surface area contributed by atoms with E-state index in [1.807, 2.05) is 6.92 Å². The predicted molar refractivity (Wildman–Crippen MR) is 134 cm³/mol. The lowest BCUT2D eigenvalue weighted by atomic mass is 9.90. The number of hydrogen-bond donors (Lipinski definition) is 1. The van der Waals surface area contributed by atoms with Gasteiger partial charge in [0.1, 0.15) is 5.56 Å². The van der Waals surface area contributed by atoms with E-state index in [4.69, 9.17) is 19.0 Å². The summed E-state index contributed by atoms with van der Waals surface area (Å²) in [6.07, 6.45) is 3.29.